The molecule has 0 aliphatic rings. The Hall–Kier alpha value is -3.27. The van der Waals surface area contributed by atoms with Crippen molar-refractivity contribution in [3.8, 4) is 11.3 Å². The number of aromatic nitrogens is 4. The summed E-state index contributed by atoms with van der Waals surface area (Å²) in [6.07, 6.45) is 6.50. The molecular weight excluding hydrogens is 344 g/mol. The highest BCUT2D eigenvalue weighted by atomic mass is 15.1. The normalized spacial score (nSPS) is 12.1. The molecule has 0 bridgehead atoms. The third kappa shape index (κ3) is 4.01. The van der Waals surface area contributed by atoms with E-state index in [0.29, 0.717) is 12.5 Å². The second kappa shape index (κ2) is 8.17. The van der Waals surface area contributed by atoms with Crippen molar-refractivity contribution in [3.05, 3.63) is 102 Å². The number of benzene rings is 2. The Balaban J connectivity index is 1.70. The van der Waals surface area contributed by atoms with Gasteiger partial charge in [-0.3, -0.25) is 9.97 Å². The quantitative estimate of drug-likeness (QED) is 0.479. The summed E-state index contributed by atoms with van der Waals surface area (Å²) in [7, 11) is 0. The van der Waals surface area contributed by atoms with Crippen LogP contribution in [-0.4, -0.2) is 19.5 Å². The van der Waals surface area contributed by atoms with Gasteiger partial charge >= 0.3 is 0 Å². The van der Waals surface area contributed by atoms with Gasteiger partial charge in [0.2, 0.25) is 0 Å². The van der Waals surface area contributed by atoms with Gasteiger partial charge in [-0.05, 0) is 24.8 Å². The van der Waals surface area contributed by atoms with E-state index in [9.17, 15) is 0 Å². The lowest BCUT2D eigenvalue weighted by Gasteiger charge is -2.16. The molecule has 0 aliphatic carbocycles. The Morgan fingerprint density at radius 3 is 2.25 bits per heavy atom. The molecule has 4 heteroatoms. The summed E-state index contributed by atoms with van der Waals surface area (Å²) in [4.78, 5) is 13.7. The van der Waals surface area contributed by atoms with E-state index >= 15 is 0 Å². The van der Waals surface area contributed by atoms with Crippen molar-refractivity contribution in [3.63, 3.8) is 0 Å². The predicted molar refractivity (Wildman–Crippen MR) is 112 cm³/mol. The summed E-state index contributed by atoms with van der Waals surface area (Å²) in [5.74, 6) is 0.392. The molecule has 140 valence electrons. The molecule has 0 fully saturated rings. The van der Waals surface area contributed by atoms with Crippen LogP contribution in [0.1, 0.15) is 35.5 Å². The van der Waals surface area contributed by atoms with E-state index in [1.165, 1.54) is 11.3 Å². The van der Waals surface area contributed by atoms with Gasteiger partial charge in [0, 0.05) is 17.5 Å². The fourth-order valence-corrected chi connectivity index (χ4v) is 3.46. The SMILES string of the molecule is Cc1cnc(Cn2cnc(-c3ccccc3)c2C[C@@H](C)c2ccccc2)cn1. The van der Waals surface area contributed by atoms with Crippen LogP contribution in [0.4, 0.5) is 0 Å². The molecule has 0 radical (unpaired) electrons. The molecule has 0 spiro atoms. The molecule has 0 unspecified atom stereocenters. The maximum absolute atomic E-state index is 4.76. The first-order chi connectivity index (χ1) is 13.7. The van der Waals surface area contributed by atoms with Crippen molar-refractivity contribution < 1.29 is 0 Å². The predicted octanol–water partition coefficient (Wildman–Crippen LogP) is 5.04. The number of nitrogens with zero attached hydrogens (tertiary/aromatic N) is 4. The van der Waals surface area contributed by atoms with Crippen molar-refractivity contribution in [1.29, 1.82) is 0 Å². The highest BCUT2D eigenvalue weighted by molar-refractivity contribution is 5.62. The van der Waals surface area contributed by atoms with Crippen molar-refractivity contribution >= 4 is 0 Å². The van der Waals surface area contributed by atoms with E-state index < -0.39 is 0 Å². The third-order valence-corrected chi connectivity index (χ3v) is 5.03. The highest BCUT2D eigenvalue weighted by Crippen LogP contribution is 2.28. The molecule has 4 rings (SSSR count). The zero-order chi connectivity index (χ0) is 19.3. The lowest BCUT2D eigenvalue weighted by Crippen LogP contribution is -2.09. The fourth-order valence-electron chi connectivity index (χ4n) is 3.46. The lowest BCUT2D eigenvalue weighted by atomic mass is 9.94. The number of hydrogen-bond donors (Lipinski definition) is 0. The molecule has 0 aliphatic heterocycles. The third-order valence-electron chi connectivity index (χ3n) is 5.03. The molecule has 0 saturated heterocycles. The molecule has 4 nitrogen and oxygen atoms in total. The van der Waals surface area contributed by atoms with Gasteiger partial charge in [-0.1, -0.05) is 67.6 Å². The summed E-state index contributed by atoms with van der Waals surface area (Å²) in [5.41, 5.74) is 6.62. The van der Waals surface area contributed by atoms with Crippen LogP contribution in [0.3, 0.4) is 0 Å². The van der Waals surface area contributed by atoms with Gasteiger partial charge in [0.15, 0.2) is 0 Å². The maximum atomic E-state index is 4.76. The van der Waals surface area contributed by atoms with Crippen LogP contribution < -0.4 is 0 Å². The number of aryl methyl sites for hydroxylation is 1. The van der Waals surface area contributed by atoms with E-state index in [4.69, 9.17) is 4.98 Å². The van der Waals surface area contributed by atoms with Gasteiger partial charge in [0.05, 0.1) is 36.2 Å². The minimum Gasteiger partial charge on any atom is -0.328 e. The fraction of sp³-hybridized carbons (Fsp3) is 0.208. The second-order valence-electron chi connectivity index (χ2n) is 7.20. The van der Waals surface area contributed by atoms with Crippen LogP contribution in [0.2, 0.25) is 0 Å². The summed E-state index contributed by atoms with van der Waals surface area (Å²) in [6, 6.07) is 21.0. The largest absolute Gasteiger partial charge is 0.328 e. The number of hydrogen-bond acceptors (Lipinski definition) is 3. The highest BCUT2D eigenvalue weighted by Gasteiger charge is 2.17. The van der Waals surface area contributed by atoms with Crippen LogP contribution in [0, 0.1) is 6.92 Å². The van der Waals surface area contributed by atoms with E-state index in [0.717, 1.165) is 29.1 Å². The van der Waals surface area contributed by atoms with Gasteiger partial charge in [-0.15, -0.1) is 0 Å². The van der Waals surface area contributed by atoms with Crippen LogP contribution in [0.25, 0.3) is 11.3 Å². The van der Waals surface area contributed by atoms with Gasteiger partial charge < -0.3 is 4.57 Å². The molecule has 2 aromatic heterocycles. The molecule has 1 atom stereocenters. The standard InChI is InChI=1S/C24H24N4/c1-18(20-9-5-3-6-10-20)13-23-24(21-11-7-4-8-12-21)27-17-28(23)16-22-15-25-19(2)14-26-22/h3-12,14-15,17-18H,13,16H2,1-2H3/t18-/m1/s1. The van der Waals surface area contributed by atoms with E-state index in [-0.39, 0.29) is 0 Å². The van der Waals surface area contributed by atoms with Gasteiger partial charge in [-0.25, -0.2) is 4.98 Å². The average Bonchev–Trinajstić information content (AvgIpc) is 3.13. The Morgan fingerprint density at radius 1 is 0.857 bits per heavy atom. The first-order valence-corrected chi connectivity index (χ1v) is 9.62. The van der Waals surface area contributed by atoms with Crippen LogP contribution in [0.15, 0.2) is 79.4 Å². The maximum Gasteiger partial charge on any atom is 0.0959 e. The minimum atomic E-state index is 0.392. The van der Waals surface area contributed by atoms with Crippen molar-refractivity contribution in [2.75, 3.05) is 0 Å². The smallest absolute Gasteiger partial charge is 0.0959 e. The van der Waals surface area contributed by atoms with Crippen LogP contribution >= 0.6 is 0 Å². The molecule has 4 aromatic rings. The molecule has 28 heavy (non-hydrogen) atoms. The van der Waals surface area contributed by atoms with Gasteiger partial charge in [0.25, 0.3) is 0 Å². The first kappa shape index (κ1) is 18.1. The van der Waals surface area contributed by atoms with E-state index in [1.807, 2.05) is 31.7 Å². The zero-order valence-corrected chi connectivity index (χ0v) is 16.3. The van der Waals surface area contributed by atoms with Crippen molar-refractivity contribution in [1.82, 2.24) is 19.5 Å². The van der Waals surface area contributed by atoms with Crippen LogP contribution in [0.5, 0.6) is 0 Å². The van der Waals surface area contributed by atoms with E-state index in [2.05, 4.69) is 76.1 Å². The van der Waals surface area contributed by atoms with Crippen LogP contribution in [-0.2, 0) is 13.0 Å². The Morgan fingerprint density at radius 2 is 1.57 bits per heavy atom. The first-order valence-electron chi connectivity index (χ1n) is 9.62. The Labute approximate surface area is 166 Å². The van der Waals surface area contributed by atoms with Gasteiger partial charge in [-0.2, -0.15) is 0 Å². The summed E-state index contributed by atoms with van der Waals surface area (Å²) >= 11 is 0. The molecule has 0 saturated carbocycles. The Kier molecular flexibility index (Phi) is 5.29. The Bertz CT molecular complexity index is 1020. The molecule has 2 heterocycles. The number of rotatable bonds is 6. The molecule has 0 N–H and O–H groups in total. The monoisotopic (exact) mass is 368 g/mol. The average molecular weight is 368 g/mol. The molecule has 0 amide bonds. The minimum absolute atomic E-state index is 0.392. The van der Waals surface area contributed by atoms with Crippen molar-refractivity contribution in [2.45, 2.75) is 32.7 Å². The second-order valence-corrected chi connectivity index (χ2v) is 7.20. The van der Waals surface area contributed by atoms with E-state index in [1.54, 1.807) is 0 Å². The summed E-state index contributed by atoms with van der Waals surface area (Å²) in [5, 5.41) is 0. The summed E-state index contributed by atoms with van der Waals surface area (Å²) in [6.45, 7) is 4.89. The van der Waals surface area contributed by atoms with Crippen molar-refractivity contribution in [2.24, 2.45) is 0 Å². The summed E-state index contributed by atoms with van der Waals surface area (Å²) < 4.78 is 2.21. The lowest BCUT2D eigenvalue weighted by molar-refractivity contribution is 0.666. The van der Waals surface area contributed by atoms with Gasteiger partial charge in [0.1, 0.15) is 0 Å². The molecule has 2 aromatic carbocycles. The topological polar surface area (TPSA) is 43.6 Å². The zero-order valence-electron chi connectivity index (χ0n) is 16.3. The number of imidazole rings is 1. The molecular formula is C24H24N4.